The van der Waals surface area contributed by atoms with Crippen LogP contribution >= 0.6 is 0 Å². The molecule has 0 amide bonds. The van der Waals surface area contributed by atoms with E-state index in [1.807, 2.05) is 18.2 Å². The summed E-state index contributed by atoms with van der Waals surface area (Å²) in [6, 6.07) is 7.33. The average molecular weight is 358 g/mol. The molecule has 0 spiro atoms. The molecular formula is C20H22O6. The highest BCUT2D eigenvalue weighted by molar-refractivity contribution is 5.97. The van der Waals surface area contributed by atoms with Crippen LogP contribution in [0, 0.1) is 0 Å². The summed E-state index contributed by atoms with van der Waals surface area (Å²) in [7, 11) is 0. The maximum Gasteiger partial charge on any atom is 0.311 e. The van der Waals surface area contributed by atoms with Crippen LogP contribution < -0.4 is 9.47 Å². The summed E-state index contributed by atoms with van der Waals surface area (Å²) in [5, 5.41) is 20.5. The molecule has 2 aromatic carbocycles. The van der Waals surface area contributed by atoms with Gasteiger partial charge >= 0.3 is 11.9 Å². The topological polar surface area (TPSA) is 93.1 Å². The van der Waals surface area contributed by atoms with Gasteiger partial charge in [-0.1, -0.05) is 24.3 Å². The van der Waals surface area contributed by atoms with Crippen molar-refractivity contribution in [2.75, 3.05) is 13.2 Å². The molecule has 1 aliphatic rings. The Morgan fingerprint density at radius 1 is 0.769 bits per heavy atom. The second-order valence-corrected chi connectivity index (χ2v) is 6.26. The molecule has 26 heavy (non-hydrogen) atoms. The number of ether oxygens (including phenoxy) is 2. The van der Waals surface area contributed by atoms with Crippen LogP contribution in [0.25, 0.3) is 10.8 Å². The highest BCUT2D eigenvalue weighted by atomic mass is 16.6. The van der Waals surface area contributed by atoms with Gasteiger partial charge in [0.1, 0.15) is 0 Å². The second-order valence-electron chi connectivity index (χ2n) is 6.26. The fraction of sp³-hybridized carbons (Fsp3) is 0.400. The van der Waals surface area contributed by atoms with Gasteiger partial charge in [-0.15, -0.1) is 0 Å². The maximum atomic E-state index is 12.2. The standard InChI is InChI=1S/C20H22O6/c21-11-9-14-13-5-1-2-6-15(13)19-20(16(14)10-12-22)26-18(24)8-4-3-7-17(23)25-19/h1-2,5-6,21-22H,3-4,7-12H2. The third-order valence-corrected chi connectivity index (χ3v) is 4.51. The lowest BCUT2D eigenvalue weighted by Gasteiger charge is -2.21. The van der Waals surface area contributed by atoms with Crippen molar-refractivity contribution >= 4 is 22.7 Å². The minimum atomic E-state index is -0.395. The van der Waals surface area contributed by atoms with E-state index in [2.05, 4.69) is 0 Å². The summed E-state index contributed by atoms with van der Waals surface area (Å²) in [5.41, 5.74) is 1.38. The third-order valence-electron chi connectivity index (χ3n) is 4.51. The number of esters is 2. The van der Waals surface area contributed by atoms with Gasteiger partial charge in [-0.3, -0.25) is 9.59 Å². The Labute approximate surface area is 151 Å². The van der Waals surface area contributed by atoms with Crippen LogP contribution in [0.2, 0.25) is 0 Å². The predicted molar refractivity (Wildman–Crippen MR) is 95.3 cm³/mol. The van der Waals surface area contributed by atoms with E-state index in [0.29, 0.717) is 30.2 Å². The number of hydrogen-bond donors (Lipinski definition) is 2. The van der Waals surface area contributed by atoms with Crippen LogP contribution in [0.1, 0.15) is 36.8 Å². The smallest absolute Gasteiger partial charge is 0.311 e. The monoisotopic (exact) mass is 358 g/mol. The molecule has 6 heteroatoms. The first-order valence-electron chi connectivity index (χ1n) is 8.85. The van der Waals surface area contributed by atoms with Crippen LogP contribution in [0.5, 0.6) is 11.5 Å². The van der Waals surface area contributed by atoms with Crippen LogP contribution in [-0.2, 0) is 22.4 Å². The summed E-state index contributed by atoms with van der Waals surface area (Å²) in [4.78, 5) is 24.4. The van der Waals surface area contributed by atoms with E-state index in [4.69, 9.17) is 9.47 Å². The van der Waals surface area contributed by atoms with Crippen LogP contribution in [0.15, 0.2) is 24.3 Å². The summed E-state index contributed by atoms with van der Waals surface area (Å²) in [5.74, 6) is -0.375. The highest BCUT2D eigenvalue weighted by Crippen LogP contribution is 2.43. The summed E-state index contributed by atoms with van der Waals surface area (Å²) in [6.07, 6.45) is 2.13. The molecular weight excluding hydrogens is 336 g/mol. The van der Waals surface area contributed by atoms with E-state index in [1.54, 1.807) is 6.07 Å². The first kappa shape index (κ1) is 18.4. The zero-order valence-electron chi connectivity index (χ0n) is 14.5. The Balaban J connectivity index is 2.31. The molecule has 1 aliphatic heterocycles. The number of rotatable bonds is 4. The Morgan fingerprint density at radius 3 is 1.92 bits per heavy atom. The molecule has 2 N–H and O–H groups in total. The Bertz CT molecular complexity index is 827. The third kappa shape index (κ3) is 3.71. The van der Waals surface area contributed by atoms with Crippen molar-refractivity contribution in [1.29, 1.82) is 0 Å². The van der Waals surface area contributed by atoms with E-state index < -0.39 is 5.97 Å². The fourth-order valence-electron chi connectivity index (χ4n) is 3.35. The van der Waals surface area contributed by atoms with Gasteiger partial charge in [0.2, 0.25) is 0 Å². The van der Waals surface area contributed by atoms with Gasteiger partial charge in [-0.2, -0.15) is 0 Å². The van der Waals surface area contributed by atoms with Crippen molar-refractivity contribution < 1.29 is 29.3 Å². The maximum absolute atomic E-state index is 12.2. The van der Waals surface area contributed by atoms with Crippen LogP contribution in [-0.4, -0.2) is 35.4 Å². The molecule has 0 saturated heterocycles. The molecule has 2 aromatic rings. The molecule has 0 fully saturated rings. The SMILES string of the molecule is O=C1CCCCC(=O)Oc2c(c(CCO)c(CCO)c3ccccc23)O1. The van der Waals surface area contributed by atoms with Crippen molar-refractivity contribution in [2.24, 2.45) is 0 Å². The number of carbonyl (C=O) groups is 2. The zero-order valence-corrected chi connectivity index (χ0v) is 14.5. The quantitative estimate of drug-likeness (QED) is 0.643. The number of carbonyl (C=O) groups excluding carboxylic acids is 2. The first-order valence-corrected chi connectivity index (χ1v) is 8.85. The lowest BCUT2D eigenvalue weighted by atomic mass is 9.93. The molecule has 0 aliphatic carbocycles. The van der Waals surface area contributed by atoms with E-state index in [9.17, 15) is 19.8 Å². The van der Waals surface area contributed by atoms with Crippen molar-refractivity contribution in [3.8, 4) is 11.5 Å². The average Bonchev–Trinajstić information content (AvgIpc) is 2.64. The number of benzene rings is 2. The number of aliphatic hydroxyl groups is 2. The normalized spacial score (nSPS) is 15.3. The number of fused-ring (bicyclic) bond motifs is 3. The lowest BCUT2D eigenvalue weighted by Crippen LogP contribution is -2.17. The molecule has 6 nitrogen and oxygen atoms in total. The first-order chi connectivity index (χ1) is 12.7. The van der Waals surface area contributed by atoms with Gasteiger partial charge in [0, 0.05) is 37.0 Å². The Kier molecular flexibility index (Phi) is 5.85. The van der Waals surface area contributed by atoms with Gasteiger partial charge < -0.3 is 19.7 Å². The van der Waals surface area contributed by atoms with E-state index in [-0.39, 0.29) is 49.9 Å². The molecule has 0 radical (unpaired) electrons. The van der Waals surface area contributed by atoms with E-state index in [0.717, 1.165) is 10.9 Å². The Morgan fingerprint density at radius 2 is 1.31 bits per heavy atom. The molecule has 0 aromatic heterocycles. The lowest BCUT2D eigenvalue weighted by molar-refractivity contribution is -0.138. The molecule has 138 valence electrons. The van der Waals surface area contributed by atoms with E-state index in [1.165, 1.54) is 0 Å². The largest absolute Gasteiger partial charge is 0.422 e. The van der Waals surface area contributed by atoms with Crippen LogP contribution in [0.3, 0.4) is 0 Å². The number of hydrogen-bond acceptors (Lipinski definition) is 6. The number of aliphatic hydroxyl groups excluding tert-OH is 2. The van der Waals surface area contributed by atoms with Gasteiger partial charge in [0.25, 0.3) is 0 Å². The van der Waals surface area contributed by atoms with Crippen molar-refractivity contribution in [1.82, 2.24) is 0 Å². The molecule has 0 atom stereocenters. The zero-order chi connectivity index (χ0) is 18.5. The minimum absolute atomic E-state index is 0.0883. The van der Waals surface area contributed by atoms with Gasteiger partial charge in [0.15, 0.2) is 11.5 Å². The second kappa shape index (κ2) is 8.29. The molecule has 3 rings (SSSR count). The molecule has 0 bridgehead atoms. The van der Waals surface area contributed by atoms with Crippen molar-refractivity contribution in [3.05, 3.63) is 35.4 Å². The predicted octanol–water partition coefficient (Wildman–Crippen LogP) is 2.29. The highest BCUT2D eigenvalue weighted by Gasteiger charge is 2.25. The van der Waals surface area contributed by atoms with Crippen molar-refractivity contribution in [2.45, 2.75) is 38.5 Å². The van der Waals surface area contributed by atoms with Gasteiger partial charge in [-0.05, 0) is 36.6 Å². The van der Waals surface area contributed by atoms with E-state index >= 15 is 0 Å². The van der Waals surface area contributed by atoms with Crippen molar-refractivity contribution in [3.63, 3.8) is 0 Å². The fourth-order valence-corrected chi connectivity index (χ4v) is 3.35. The summed E-state index contributed by atoms with van der Waals surface area (Å²) >= 11 is 0. The molecule has 1 heterocycles. The van der Waals surface area contributed by atoms with Crippen LogP contribution in [0.4, 0.5) is 0 Å². The van der Waals surface area contributed by atoms with Gasteiger partial charge in [0.05, 0.1) is 0 Å². The summed E-state index contributed by atoms with van der Waals surface area (Å²) < 4.78 is 11.2. The van der Waals surface area contributed by atoms with Gasteiger partial charge in [-0.25, -0.2) is 0 Å². The molecule has 0 unspecified atom stereocenters. The Hall–Kier alpha value is -2.44. The molecule has 0 saturated carbocycles. The minimum Gasteiger partial charge on any atom is -0.422 e. The summed E-state index contributed by atoms with van der Waals surface area (Å²) in [6.45, 7) is -0.246.